The van der Waals surface area contributed by atoms with Gasteiger partial charge in [0.15, 0.2) is 0 Å². The highest BCUT2D eigenvalue weighted by Gasteiger charge is 2.15. The van der Waals surface area contributed by atoms with Crippen LogP contribution in [0.15, 0.2) is 11.4 Å². The minimum atomic E-state index is -1.20. The first kappa shape index (κ1) is 14.6. The van der Waals surface area contributed by atoms with Crippen molar-refractivity contribution in [1.82, 2.24) is 10.6 Å². The van der Waals surface area contributed by atoms with Crippen LogP contribution in [0.2, 0.25) is 0 Å². The average molecular weight is 287 g/mol. The van der Waals surface area contributed by atoms with Crippen molar-refractivity contribution in [2.45, 2.75) is 0 Å². The van der Waals surface area contributed by atoms with Crippen molar-refractivity contribution in [2.24, 2.45) is 0 Å². The molecule has 0 atom stereocenters. The molecule has 10 heteroatoms. The van der Waals surface area contributed by atoms with Gasteiger partial charge in [-0.1, -0.05) is 11.3 Å². The normalized spacial score (nSPS) is 9.68. The fourth-order valence-corrected chi connectivity index (χ4v) is 1.74. The van der Waals surface area contributed by atoms with Gasteiger partial charge >= 0.3 is 11.0 Å². The Morgan fingerprint density at radius 2 is 2.00 bits per heavy atom. The van der Waals surface area contributed by atoms with Crippen molar-refractivity contribution in [1.29, 1.82) is 0 Å². The number of hydrogen-bond acceptors (Lipinski definition) is 6. The molecule has 2 amide bonds. The van der Waals surface area contributed by atoms with Gasteiger partial charge in [0.2, 0.25) is 5.91 Å². The van der Waals surface area contributed by atoms with Crippen molar-refractivity contribution in [3.05, 3.63) is 27.1 Å². The van der Waals surface area contributed by atoms with Crippen molar-refractivity contribution in [2.75, 3.05) is 13.1 Å². The molecule has 1 heterocycles. The molecule has 1 rings (SSSR count). The predicted molar refractivity (Wildman–Crippen MR) is 64.0 cm³/mol. The molecule has 0 aliphatic heterocycles. The molecule has 102 valence electrons. The zero-order valence-electron chi connectivity index (χ0n) is 9.41. The summed E-state index contributed by atoms with van der Waals surface area (Å²) in [7, 11) is 0. The number of carbonyl (C=O) groups is 3. The van der Waals surface area contributed by atoms with E-state index in [-0.39, 0.29) is 10.6 Å². The summed E-state index contributed by atoms with van der Waals surface area (Å²) in [4.78, 5) is 42.6. The first-order valence-electron chi connectivity index (χ1n) is 4.89. The summed E-state index contributed by atoms with van der Waals surface area (Å²) in [6, 6.07) is 1.09. The van der Waals surface area contributed by atoms with Crippen molar-refractivity contribution in [3.8, 4) is 0 Å². The first-order chi connectivity index (χ1) is 8.90. The maximum absolute atomic E-state index is 11.5. The van der Waals surface area contributed by atoms with Gasteiger partial charge in [-0.05, 0) is 0 Å². The first-order valence-corrected chi connectivity index (χ1v) is 5.77. The van der Waals surface area contributed by atoms with Crippen LogP contribution in [0.3, 0.4) is 0 Å². The molecular formula is C9H9N3O6S. The van der Waals surface area contributed by atoms with Gasteiger partial charge in [-0.15, -0.1) is 0 Å². The molecule has 0 aliphatic carbocycles. The largest absolute Gasteiger partial charge is 0.480 e. The predicted octanol–water partition coefficient (Wildman–Crippen LogP) is -0.413. The molecule has 0 aromatic carbocycles. The number of thiophene rings is 1. The lowest BCUT2D eigenvalue weighted by molar-refractivity contribution is -0.380. The summed E-state index contributed by atoms with van der Waals surface area (Å²) in [6.07, 6.45) is 0. The van der Waals surface area contributed by atoms with E-state index in [0.29, 0.717) is 0 Å². The summed E-state index contributed by atoms with van der Waals surface area (Å²) >= 11 is 0.796. The summed E-state index contributed by atoms with van der Waals surface area (Å²) in [5.74, 6) is -2.51. The Morgan fingerprint density at radius 3 is 2.53 bits per heavy atom. The third-order valence-electron chi connectivity index (χ3n) is 1.87. The van der Waals surface area contributed by atoms with Gasteiger partial charge in [-0.3, -0.25) is 24.5 Å². The number of nitrogens with one attached hydrogen (secondary N) is 2. The molecule has 9 nitrogen and oxygen atoms in total. The number of carboxylic acids is 1. The Morgan fingerprint density at radius 1 is 1.32 bits per heavy atom. The Balaban J connectivity index is 2.44. The van der Waals surface area contributed by atoms with E-state index in [9.17, 15) is 24.5 Å². The van der Waals surface area contributed by atoms with Crippen LogP contribution in [0.4, 0.5) is 5.00 Å². The highest BCUT2D eigenvalue weighted by atomic mass is 32.1. The number of nitro groups is 1. The fraction of sp³-hybridized carbons (Fsp3) is 0.222. The van der Waals surface area contributed by atoms with E-state index in [1.54, 1.807) is 0 Å². The Bertz CT molecular complexity index is 526. The number of rotatable bonds is 6. The maximum atomic E-state index is 11.5. The van der Waals surface area contributed by atoms with Gasteiger partial charge in [-0.25, -0.2) is 0 Å². The molecule has 1 aromatic rings. The molecule has 0 saturated carbocycles. The van der Waals surface area contributed by atoms with Crippen LogP contribution >= 0.6 is 11.3 Å². The Kier molecular flexibility index (Phi) is 4.94. The molecule has 0 aliphatic rings. The summed E-state index contributed by atoms with van der Waals surface area (Å²) in [6.45, 7) is -0.950. The standard InChI is InChI=1S/C9H9N3O6S/c13-6(10-3-8(14)15)2-11-9(16)5-1-7(12(17)18)19-4-5/h1,4H,2-3H2,(H,10,13)(H,11,16)(H,14,15). The molecule has 0 unspecified atom stereocenters. The minimum absolute atomic E-state index is 0.0720. The molecule has 0 spiro atoms. The number of hydrogen-bond donors (Lipinski definition) is 3. The maximum Gasteiger partial charge on any atom is 0.324 e. The second kappa shape index (κ2) is 6.44. The molecule has 1 aromatic heterocycles. The zero-order valence-corrected chi connectivity index (χ0v) is 10.2. The lowest BCUT2D eigenvalue weighted by Crippen LogP contribution is -2.38. The number of nitrogens with zero attached hydrogens (tertiary/aromatic N) is 1. The molecule has 3 N–H and O–H groups in total. The minimum Gasteiger partial charge on any atom is -0.480 e. The molecule has 0 saturated heterocycles. The van der Waals surface area contributed by atoms with E-state index in [4.69, 9.17) is 5.11 Å². The van der Waals surface area contributed by atoms with Crippen LogP contribution < -0.4 is 10.6 Å². The summed E-state index contributed by atoms with van der Waals surface area (Å²) in [5, 5.41) is 24.1. The van der Waals surface area contributed by atoms with Gasteiger partial charge in [0.25, 0.3) is 5.91 Å². The summed E-state index contributed by atoms with van der Waals surface area (Å²) in [5.41, 5.74) is 0.0720. The molecule has 0 radical (unpaired) electrons. The van der Waals surface area contributed by atoms with E-state index in [0.717, 1.165) is 17.4 Å². The van der Waals surface area contributed by atoms with Crippen molar-refractivity contribution >= 4 is 34.1 Å². The second-order valence-corrected chi connectivity index (χ2v) is 4.17. The lowest BCUT2D eigenvalue weighted by Gasteiger charge is -2.03. The molecule has 19 heavy (non-hydrogen) atoms. The number of aliphatic carboxylic acids is 1. The highest BCUT2D eigenvalue weighted by molar-refractivity contribution is 7.13. The highest BCUT2D eigenvalue weighted by Crippen LogP contribution is 2.22. The Hall–Kier alpha value is -2.49. The molecule has 0 fully saturated rings. The molecule has 0 bridgehead atoms. The Labute approximate surface area is 110 Å². The third-order valence-corrected chi connectivity index (χ3v) is 2.75. The topological polar surface area (TPSA) is 139 Å². The van der Waals surface area contributed by atoms with Crippen LogP contribution in [-0.4, -0.2) is 40.9 Å². The van der Waals surface area contributed by atoms with Crippen LogP contribution in [0.5, 0.6) is 0 Å². The van der Waals surface area contributed by atoms with E-state index in [1.807, 2.05) is 0 Å². The van der Waals surface area contributed by atoms with Gasteiger partial charge in [0.05, 0.1) is 17.0 Å². The van der Waals surface area contributed by atoms with E-state index < -0.39 is 35.8 Å². The van der Waals surface area contributed by atoms with Crippen LogP contribution in [0.1, 0.15) is 10.4 Å². The van der Waals surface area contributed by atoms with Crippen LogP contribution in [0.25, 0.3) is 0 Å². The number of carbonyl (C=O) groups excluding carboxylic acids is 2. The fourth-order valence-electron chi connectivity index (χ4n) is 1.04. The van der Waals surface area contributed by atoms with Crippen molar-refractivity contribution in [3.63, 3.8) is 0 Å². The van der Waals surface area contributed by atoms with Crippen LogP contribution in [0, 0.1) is 10.1 Å². The van der Waals surface area contributed by atoms with Gasteiger partial charge in [-0.2, -0.15) is 0 Å². The second-order valence-electron chi connectivity index (χ2n) is 3.28. The quantitative estimate of drug-likeness (QED) is 0.480. The smallest absolute Gasteiger partial charge is 0.324 e. The zero-order chi connectivity index (χ0) is 14.4. The monoisotopic (exact) mass is 287 g/mol. The number of carboxylic acid groups (broad SMARTS) is 1. The van der Waals surface area contributed by atoms with Gasteiger partial charge < -0.3 is 15.7 Å². The average Bonchev–Trinajstić information content (AvgIpc) is 2.83. The SMILES string of the molecule is O=C(O)CNC(=O)CNC(=O)c1csc([N+](=O)[O-])c1. The van der Waals surface area contributed by atoms with E-state index in [2.05, 4.69) is 10.6 Å². The summed E-state index contributed by atoms with van der Waals surface area (Å²) < 4.78 is 0. The van der Waals surface area contributed by atoms with E-state index >= 15 is 0 Å². The van der Waals surface area contributed by atoms with Gasteiger partial charge in [0, 0.05) is 11.4 Å². The number of amides is 2. The van der Waals surface area contributed by atoms with Crippen molar-refractivity contribution < 1.29 is 24.4 Å². The third kappa shape index (κ3) is 4.71. The lowest BCUT2D eigenvalue weighted by atomic mass is 10.3. The molecular weight excluding hydrogens is 278 g/mol. The van der Waals surface area contributed by atoms with E-state index in [1.165, 1.54) is 5.38 Å². The van der Waals surface area contributed by atoms with Crippen LogP contribution in [-0.2, 0) is 9.59 Å². The van der Waals surface area contributed by atoms with Gasteiger partial charge in [0.1, 0.15) is 6.54 Å².